The Morgan fingerprint density at radius 3 is 2.30 bits per heavy atom. The Morgan fingerprint density at radius 1 is 1.03 bits per heavy atom. The van der Waals surface area contributed by atoms with Crippen molar-refractivity contribution in [1.29, 1.82) is 0 Å². The van der Waals surface area contributed by atoms with Crippen molar-refractivity contribution in [3.63, 3.8) is 0 Å². The molecule has 0 heterocycles. The van der Waals surface area contributed by atoms with Gasteiger partial charge in [-0.2, -0.15) is 8.42 Å². The highest BCUT2D eigenvalue weighted by molar-refractivity contribution is 7.87. The van der Waals surface area contributed by atoms with Crippen LogP contribution in [0.1, 0.15) is 32.3 Å². The molecule has 162 valence electrons. The lowest BCUT2D eigenvalue weighted by Crippen LogP contribution is -2.36. The average molecular weight is 435 g/mol. The Morgan fingerprint density at radius 2 is 1.70 bits per heavy atom. The van der Waals surface area contributed by atoms with E-state index < -0.39 is 33.7 Å². The molecule has 30 heavy (non-hydrogen) atoms. The van der Waals surface area contributed by atoms with Crippen LogP contribution in [0.3, 0.4) is 0 Å². The van der Waals surface area contributed by atoms with Crippen molar-refractivity contribution in [2.45, 2.75) is 37.2 Å². The SMILES string of the molecule is COC(=O)C(CNC(=O)OC(C)(C)C)c1cccc(OS(=O)(=O)c2ccccc2)c1. The number of rotatable bonds is 7. The van der Waals surface area contributed by atoms with Crippen molar-refractivity contribution < 1.29 is 31.7 Å². The fourth-order valence-corrected chi connectivity index (χ4v) is 3.47. The largest absolute Gasteiger partial charge is 0.468 e. The fourth-order valence-electron chi connectivity index (χ4n) is 2.52. The Hall–Kier alpha value is -3.07. The Labute approximate surface area is 176 Å². The Balaban J connectivity index is 2.20. The van der Waals surface area contributed by atoms with E-state index in [-0.39, 0.29) is 17.2 Å². The first-order valence-corrected chi connectivity index (χ1v) is 10.6. The predicted molar refractivity (Wildman–Crippen MR) is 110 cm³/mol. The van der Waals surface area contributed by atoms with Gasteiger partial charge in [0.1, 0.15) is 16.2 Å². The van der Waals surface area contributed by atoms with E-state index in [9.17, 15) is 18.0 Å². The van der Waals surface area contributed by atoms with Crippen molar-refractivity contribution in [3.8, 4) is 5.75 Å². The number of ether oxygens (including phenoxy) is 2. The highest BCUT2D eigenvalue weighted by atomic mass is 32.2. The molecule has 0 bridgehead atoms. The van der Waals surface area contributed by atoms with Gasteiger partial charge in [0.15, 0.2) is 0 Å². The third kappa shape index (κ3) is 6.77. The summed E-state index contributed by atoms with van der Waals surface area (Å²) in [5.41, 5.74) is -0.275. The second-order valence-electron chi connectivity index (χ2n) is 7.38. The molecule has 2 rings (SSSR count). The van der Waals surface area contributed by atoms with Crippen molar-refractivity contribution in [1.82, 2.24) is 5.32 Å². The number of carbonyl (C=O) groups excluding carboxylic acids is 2. The fraction of sp³-hybridized carbons (Fsp3) is 0.333. The quantitative estimate of drug-likeness (QED) is 0.525. The molecule has 0 aliphatic heterocycles. The highest BCUT2D eigenvalue weighted by Crippen LogP contribution is 2.25. The Bertz CT molecular complexity index is 982. The molecule has 0 saturated heterocycles. The van der Waals surface area contributed by atoms with Gasteiger partial charge in [0.2, 0.25) is 0 Å². The smallest absolute Gasteiger partial charge is 0.407 e. The average Bonchev–Trinajstić information content (AvgIpc) is 2.67. The monoisotopic (exact) mass is 435 g/mol. The van der Waals surface area contributed by atoms with Crippen LogP contribution in [0, 0.1) is 0 Å². The lowest BCUT2D eigenvalue weighted by Gasteiger charge is -2.21. The molecule has 1 N–H and O–H groups in total. The van der Waals surface area contributed by atoms with E-state index in [1.54, 1.807) is 51.1 Å². The minimum atomic E-state index is -4.03. The first-order chi connectivity index (χ1) is 14.0. The van der Waals surface area contributed by atoms with Gasteiger partial charge < -0.3 is 19.0 Å². The zero-order valence-corrected chi connectivity index (χ0v) is 18.1. The molecule has 8 nitrogen and oxygen atoms in total. The molecule has 0 aliphatic carbocycles. The van der Waals surface area contributed by atoms with Gasteiger partial charge in [0.05, 0.1) is 13.0 Å². The van der Waals surface area contributed by atoms with Crippen molar-refractivity contribution in [2.24, 2.45) is 0 Å². The number of esters is 1. The summed E-state index contributed by atoms with van der Waals surface area (Å²) in [5, 5.41) is 2.53. The van der Waals surface area contributed by atoms with Crippen LogP contribution in [0.2, 0.25) is 0 Å². The number of hydrogen-bond donors (Lipinski definition) is 1. The van der Waals surface area contributed by atoms with Gasteiger partial charge in [0, 0.05) is 6.54 Å². The van der Waals surface area contributed by atoms with E-state index in [4.69, 9.17) is 13.7 Å². The van der Waals surface area contributed by atoms with Gasteiger partial charge in [-0.15, -0.1) is 0 Å². The summed E-state index contributed by atoms with van der Waals surface area (Å²) in [5.74, 6) is -1.46. The highest BCUT2D eigenvalue weighted by Gasteiger charge is 2.25. The number of methoxy groups -OCH3 is 1. The molecule has 1 amide bonds. The predicted octanol–water partition coefficient (Wildman–Crippen LogP) is 3.24. The zero-order valence-electron chi connectivity index (χ0n) is 17.2. The summed E-state index contributed by atoms with van der Waals surface area (Å²) in [6, 6.07) is 13.7. The normalized spacial score (nSPS) is 12.5. The minimum absolute atomic E-state index is 0.00603. The second-order valence-corrected chi connectivity index (χ2v) is 8.93. The van der Waals surface area contributed by atoms with Crippen molar-refractivity contribution in [3.05, 3.63) is 60.2 Å². The van der Waals surface area contributed by atoms with E-state index >= 15 is 0 Å². The van der Waals surface area contributed by atoms with Crippen molar-refractivity contribution in [2.75, 3.05) is 13.7 Å². The summed E-state index contributed by atoms with van der Waals surface area (Å²) in [6.07, 6.45) is -0.685. The molecular formula is C21H25NO7S. The van der Waals surface area contributed by atoms with E-state index in [2.05, 4.69) is 5.32 Å². The first-order valence-electron chi connectivity index (χ1n) is 9.16. The number of alkyl carbamates (subject to hydrolysis) is 1. The molecule has 1 atom stereocenters. The molecule has 1 unspecified atom stereocenters. The zero-order chi connectivity index (χ0) is 22.4. The molecule has 0 aliphatic rings. The number of hydrogen-bond acceptors (Lipinski definition) is 7. The van der Waals surface area contributed by atoms with Gasteiger partial charge >= 0.3 is 22.2 Å². The van der Waals surface area contributed by atoms with E-state index in [0.717, 1.165) is 0 Å². The summed E-state index contributed by atoms with van der Waals surface area (Å²) in [4.78, 5) is 24.2. The van der Waals surface area contributed by atoms with Crippen LogP contribution in [0.25, 0.3) is 0 Å². The van der Waals surface area contributed by atoms with Crippen LogP contribution in [-0.4, -0.2) is 39.7 Å². The maximum absolute atomic E-state index is 12.4. The molecule has 0 fully saturated rings. The second kappa shape index (κ2) is 9.62. The van der Waals surface area contributed by atoms with Crippen LogP contribution in [0.15, 0.2) is 59.5 Å². The lowest BCUT2D eigenvalue weighted by molar-refractivity contribution is -0.142. The van der Waals surface area contributed by atoms with Crippen LogP contribution in [0.4, 0.5) is 4.79 Å². The topological polar surface area (TPSA) is 108 Å². The van der Waals surface area contributed by atoms with Crippen LogP contribution >= 0.6 is 0 Å². The molecule has 9 heteroatoms. The van der Waals surface area contributed by atoms with E-state index in [1.165, 1.54) is 31.4 Å². The molecule has 0 aromatic heterocycles. The summed E-state index contributed by atoms with van der Waals surface area (Å²) in [6.45, 7) is 5.06. The first kappa shape index (κ1) is 23.2. The van der Waals surface area contributed by atoms with Gasteiger partial charge in [-0.1, -0.05) is 30.3 Å². The molecular weight excluding hydrogens is 410 g/mol. The molecule has 2 aromatic rings. The summed E-state index contributed by atoms with van der Waals surface area (Å²) >= 11 is 0. The number of nitrogens with one attached hydrogen (secondary N) is 1. The summed E-state index contributed by atoms with van der Waals surface area (Å²) < 4.78 is 40.0. The molecule has 0 spiro atoms. The van der Waals surface area contributed by atoms with Gasteiger partial charge in [-0.3, -0.25) is 4.79 Å². The van der Waals surface area contributed by atoms with E-state index in [1.807, 2.05) is 0 Å². The maximum atomic E-state index is 12.4. The van der Waals surface area contributed by atoms with Gasteiger partial charge in [0.25, 0.3) is 0 Å². The molecule has 0 radical (unpaired) electrons. The maximum Gasteiger partial charge on any atom is 0.407 e. The number of amides is 1. The standard InChI is InChI=1S/C21H25NO7S/c1-21(2,3)28-20(24)22-14-18(19(23)27-4)15-9-8-10-16(13-15)29-30(25,26)17-11-6-5-7-12-17/h5-13,18H,14H2,1-4H3,(H,22,24). The molecule has 0 saturated carbocycles. The van der Waals surface area contributed by atoms with Crippen LogP contribution in [0.5, 0.6) is 5.75 Å². The van der Waals surface area contributed by atoms with Crippen LogP contribution < -0.4 is 9.50 Å². The minimum Gasteiger partial charge on any atom is -0.468 e. The van der Waals surface area contributed by atoms with Gasteiger partial charge in [-0.05, 0) is 50.6 Å². The third-order valence-corrected chi connectivity index (χ3v) is 5.09. The number of benzene rings is 2. The lowest BCUT2D eigenvalue weighted by atomic mass is 9.99. The van der Waals surface area contributed by atoms with Crippen molar-refractivity contribution >= 4 is 22.2 Å². The van der Waals surface area contributed by atoms with Crippen LogP contribution in [-0.2, 0) is 24.4 Å². The molecule has 2 aromatic carbocycles. The Kier molecular flexibility index (Phi) is 7.44. The third-order valence-electron chi connectivity index (χ3n) is 3.83. The summed E-state index contributed by atoms with van der Waals surface area (Å²) in [7, 11) is -2.81. The van der Waals surface area contributed by atoms with Gasteiger partial charge in [-0.25, -0.2) is 4.79 Å². The van der Waals surface area contributed by atoms with E-state index in [0.29, 0.717) is 5.56 Å². The number of carbonyl (C=O) groups is 2.